The Morgan fingerprint density at radius 1 is 1.00 bits per heavy atom. The predicted molar refractivity (Wildman–Crippen MR) is 82.8 cm³/mol. The molecule has 3 heteroatoms. The Labute approximate surface area is 124 Å². The summed E-state index contributed by atoms with van der Waals surface area (Å²) >= 11 is 0. The van der Waals surface area contributed by atoms with Crippen molar-refractivity contribution in [2.24, 2.45) is 0 Å². The Kier molecular flexibility index (Phi) is 4.77. The molecule has 0 amide bonds. The number of hydrogen-bond donors (Lipinski definition) is 0. The van der Waals surface area contributed by atoms with Crippen LogP contribution in [0.15, 0.2) is 61.2 Å². The Morgan fingerprint density at radius 2 is 1.48 bits per heavy atom. The lowest BCUT2D eigenvalue weighted by molar-refractivity contribution is -0.131. The van der Waals surface area contributed by atoms with E-state index in [9.17, 15) is 4.79 Å². The number of methoxy groups -OCH3 is 1. The molecule has 21 heavy (non-hydrogen) atoms. The van der Waals surface area contributed by atoms with Crippen LogP contribution in [0.25, 0.3) is 0 Å². The van der Waals surface area contributed by atoms with E-state index >= 15 is 0 Å². The first-order chi connectivity index (χ1) is 10.1. The highest BCUT2D eigenvalue weighted by Gasteiger charge is 2.11. The number of benzene rings is 2. The molecule has 0 bridgehead atoms. The van der Waals surface area contributed by atoms with Crippen LogP contribution in [-0.4, -0.2) is 13.1 Å². The van der Waals surface area contributed by atoms with Gasteiger partial charge < -0.3 is 9.47 Å². The highest BCUT2D eigenvalue weighted by Crippen LogP contribution is 2.28. The number of carbonyl (C=O) groups is 1. The lowest BCUT2D eigenvalue weighted by Crippen LogP contribution is -2.02. The summed E-state index contributed by atoms with van der Waals surface area (Å²) in [6, 6.07) is 15.4. The van der Waals surface area contributed by atoms with Gasteiger partial charge in [0.25, 0.3) is 0 Å². The van der Waals surface area contributed by atoms with Gasteiger partial charge in [0, 0.05) is 12.8 Å². The molecule has 0 N–H and O–H groups in total. The van der Waals surface area contributed by atoms with Gasteiger partial charge >= 0.3 is 5.97 Å². The smallest absolute Gasteiger partial charge is 0.308 e. The molecule has 0 aliphatic rings. The van der Waals surface area contributed by atoms with E-state index in [-0.39, 0.29) is 11.9 Å². The second kappa shape index (κ2) is 6.75. The minimum absolute atomic E-state index is 0.0854. The molecule has 2 aromatic carbocycles. The first-order valence-electron chi connectivity index (χ1n) is 6.69. The van der Waals surface area contributed by atoms with Crippen LogP contribution in [0.2, 0.25) is 0 Å². The van der Waals surface area contributed by atoms with Gasteiger partial charge in [-0.1, -0.05) is 30.3 Å². The van der Waals surface area contributed by atoms with Crippen molar-refractivity contribution in [2.45, 2.75) is 12.8 Å². The van der Waals surface area contributed by atoms with E-state index < -0.39 is 0 Å². The fourth-order valence-corrected chi connectivity index (χ4v) is 2.19. The van der Waals surface area contributed by atoms with Crippen LogP contribution in [0.5, 0.6) is 11.5 Å². The van der Waals surface area contributed by atoms with Gasteiger partial charge in [-0.05, 0) is 35.4 Å². The highest BCUT2D eigenvalue weighted by atomic mass is 16.5. The third-order valence-corrected chi connectivity index (χ3v) is 3.21. The van der Waals surface area contributed by atoms with Crippen LogP contribution in [0.3, 0.4) is 0 Å². The lowest BCUT2D eigenvalue weighted by Gasteiger charge is -2.14. The van der Waals surface area contributed by atoms with E-state index in [4.69, 9.17) is 9.47 Å². The average Bonchev–Trinajstić information content (AvgIpc) is 2.50. The molecule has 3 nitrogen and oxygen atoms in total. The van der Waals surface area contributed by atoms with Gasteiger partial charge in [0.1, 0.15) is 11.5 Å². The molecular formula is C18H18O3. The largest absolute Gasteiger partial charge is 0.497 e. The van der Waals surface area contributed by atoms with E-state index in [1.807, 2.05) is 42.5 Å². The highest BCUT2D eigenvalue weighted by molar-refractivity contribution is 5.69. The van der Waals surface area contributed by atoms with Crippen molar-refractivity contribution in [3.63, 3.8) is 0 Å². The van der Waals surface area contributed by atoms with Crippen LogP contribution in [0.1, 0.15) is 24.0 Å². The minimum Gasteiger partial charge on any atom is -0.497 e. The fourth-order valence-electron chi connectivity index (χ4n) is 2.19. The molecule has 0 heterocycles. The van der Waals surface area contributed by atoms with Crippen molar-refractivity contribution in [3.8, 4) is 11.5 Å². The molecule has 1 atom stereocenters. The Morgan fingerprint density at radius 3 is 1.86 bits per heavy atom. The summed E-state index contributed by atoms with van der Waals surface area (Å²) in [6.45, 7) is 5.30. The summed E-state index contributed by atoms with van der Waals surface area (Å²) < 4.78 is 10.2. The monoisotopic (exact) mass is 282 g/mol. The van der Waals surface area contributed by atoms with Gasteiger partial charge in [-0.25, -0.2) is 0 Å². The number of hydrogen-bond acceptors (Lipinski definition) is 3. The summed E-state index contributed by atoms with van der Waals surface area (Å²) in [6.07, 6.45) is 1.89. The van der Waals surface area contributed by atoms with E-state index in [2.05, 4.69) is 6.58 Å². The molecule has 0 saturated carbocycles. The lowest BCUT2D eigenvalue weighted by atomic mass is 9.91. The molecule has 2 rings (SSSR count). The third kappa shape index (κ3) is 3.72. The molecule has 0 radical (unpaired) electrons. The van der Waals surface area contributed by atoms with Crippen molar-refractivity contribution >= 4 is 5.97 Å². The third-order valence-electron chi connectivity index (χ3n) is 3.21. The number of allylic oxidation sites excluding steroid dienone is 1. The van der Waals surface area contributed by atoms with Crippen molar-refractivity contribution in [1.29, 1.82) is 0 Å². The molecule has 1 unspecified atom stereocenters. The maximum Gasteiger partial charge on any atom is 0.308 e. The van der Waals surface area contributed by atoms with Crippen LogP contribution >= 0.6 is 0 Å². The van der Waals surface area contributed by atoms with Crippen LogP contribution in [-0.2, 0) is 4.79 Å². The molecule has 0 aliphatic heterocycles. The van der Waals surface area contributed by atoms with Gasteiger partial charge in [-0.3, -0.25) is 4.79 Å². The molecule has 0 spiro atoms. The van der Waals surface area contributed by atoms with Crippen molar-refractivity contribution < 1.29 is 14.3 Å². The predicted octanol–water partition coefficient (Wildman–Crippen LogP) is 3.94. The normalized spacial score (nSPS) is 11.5. The number of carbonyl (C=O) groups excluding carboxylic acids is 1. The van der Waals surface area contributed by atoms with Crippen LogP contribution in [0, 0.1) is 0 Å². The SMILES string of the molecule is C=CC(c1ccc(OC)cc1)c1ccc(OC(C)=O)cc1. The first-order valence-corrected chi connectivity index (χ1v) is 6.69. The Hall–Kier alpha value is -2.55. The molecule has 0 aromatic heterocycles. The number of esters is 1. The van der Waals surface area contributed by atoms with Gasteiger partial charge in [0.05, 0.1) is 7.11 Å². The number of rotatable bonds is 5. The quantitative estimate of drug-likeness (QED) is 0.473. The van der Waals surface area contributed by atoms with Gasteiger partial charge in [-0.15, -0.1) is 6.58 Å². The molecular weight excluding hydrogens is 264 g/mol. The van der Waals surface area contributed by atoms with Crippen molar-refractivity contribution in [3.05, 3.63) is 72.3 Å². The molecule has 0 aliphatic carbocycles. The van der Waals surface area contributed by atoms with Gasteiger partial charge in [-0.2, -0.15) is 0 Å². The molecule has 0 fully saturated rings. The average molecular weight is 282 g/mol. The maximum absolute atomic E-state index is 10.9. The van der Waals surface area contributed by atoms with E-state index in [1.165, 1.54) is 6.92 Å². The number of ether oxygens (including phenoxy) is 2. The molecule has 108 valence electrons. The molecule has 0 saturated heterocycles. The topological polar surface area (TPSA) is 35.5 Å². The second-order valence-electron chi connectivity index (χ2n) is 4.65. The van der Waals surface area contributed by atoms with Crippen molar-refractivity contribution in [1.82, 2.24) is 0 Å². The Balaban J connectivity index is 2.23. The van der Waals surface area contributed by atoms with Crippen LogP contribution < -0.4 is 9.47 Å². The minimum atomic E-state index is -0.321. The summed E-state index contributed by atoms with van der Waals surface area (Å²) in [4.78, 5) is 10.9. The zero-order valence-corrected chi connectivity index (χ0v) is 12.2. The summed E-state index contributed by atoms with van der Waals surface area (Å²) in [5.74, 6) is 1.14. The summed E-state index contributed by atoms with van der Waals surface area (Å²) in [7, 11) is 1.65. The summed E-state index contributed by atoms with van der Waals surface area (Å²) in [5, 5.41) is 0. The fraction of sp³-hybridized carbons (Fsp3) is 0.167. The zero-order valence-electron chi connectivity index (χ0n) is 12.2. The maximum atomic E-state index is 10.9. The second-order valence-corrected chi connectivity index (χ2v) is 4.65. The van der Waals surface area contributed by atoms with E-state index in [1.54, 1.807) is 19.2 Å². The van der Waals surface area contributed by atoms with Gasteiger partial charge in [0.2, 0.25) is 0 Å². The van der Waals surface area contributed by atoms with E-state index in [0.717, 1.165) is 16.9 Å². The van der Waals surface area contributed by atoms with Crippen LogP contribution in [0.4, 0.5) is 0 Å². The standard InChI is InChI=1S/C18H18O3/c1-4-18(14-5-9-16(20-3)10-6-14)15-7-11-17(12-8-15)21-13(2)19/h4-12,18H,1H2,2-3H3. The first kappa shape index (κ1) is 14.9. The Bertz CT molecular complexity index is 612. The zero-order chi connectivity index (χ0) is 15.2. The van der Waals surface area contributed by atoms with E-state index in [0.29, 0.717) is 5.75 Å². The van der Waals surface area contributed by atoms with Crippen molar-refractivity contribution in [2.75, 3.05) is 7.11 Å². The summed E-state index contributed by atoms with van der Waals surface area (Å²) in [5.41, 5.74) is 2.22. The molecule has 2 aromatic rings. The van der Waals surface area contributed by atoms with Gasteiger partial charge in [0.15, 0.2) is 0 Å².